The third-order valence-corrected chi connectivity index (χ3v) is 8.86. The Bertz CT molecular complexity index is 1380. The van der Waals surface area contributed by atoms with Crippen molar-refractivity contribution in [2.24, 2.45) is 16.3 Å². The summed E-state index contributed by atoms with van der Waals surface area (Å²) in [5.74, 6) is -0.317. The van der Waals surface area contributed by atoms with Gasteiger partial charge >= 0.3 is 0 Å². The summed E-state index contributed by atoms with van der Waals surface area (Å²) in [6, 6.07) is 11.6. The number of carbonyl (C=O) groups is 2. The van der Waals surface area contributed by atoms with Gasteiger partial charge in [0.2, 0.25) is 5.91 Å². The van der Waals surface area contributed by atoms with Gasteiger partial charge in [0.15, 0.2) is 5.54 Å². The Hall–Kier alpha value is -3.91. The summed E-state index contributed by atoms with van der Waals surface area (Å²) in [5.41, 5.74) is -0.0441. The van der Waals surface area contributed by atoms with Crippen LogP contribution in [0.2, 0.25) is 0 Å². The van der Waals surface area contributed by atoms with Crippen LogP contribution in [0.4, 0.5) is 8.78 Å². The molecule has 8 heteroatoms. The molecule has 0 saturated carbocycles. The van der Waals surface area contributed by atoms with Crippen molar-refractivity contribution in [1.29, 1.82) is 0 Å². The number of carbonyl (C=O) groups excluding carboxylic acids is 2. The highest BCUT2D eigenvalue weighted by molar-refractivity contribution is 6.11. The molecule has 1 saturated heterocycles. The van der Waals surface area contributed by atoms with Crippen molar-refractivity contribution in [2.45, 2.75) is 52.5 Å². The van der Waals surface area contributed by atoms with Gasteiger partial charge in [0.05, 0.1) is 0 Å². The van der Waals surface area contributed by atoms with Gasteiger partial charge in [-0.3, -0.25) is 14.5 Å². The number of hydrogen-bond acceptors (Lipinski definition) is 4. The molecule has 1 fully saturated rings. The molecular formula is C36H44F2N4O2. The van der Waals surface area contributed by atoms with Crippen LogP contribution in [0.15, 0.2) is 90.6 Å². The standard InChI is InChI=1S/C36H44F2N4O2/c1-7-11-31(8-2)41(9-3)33(43)35(6)20-24-40(25-21-35)22-10-23-42-32(26(4)5)39-36(34(42)44,27-12-16-29(37)17-13-27)28-14-18-30(38)19-15-28/h7-8,11-19,26H,1-2,9-10,20-25H2,3-6H3/b31-11+. The largest absolute Gasteiger partial charge is 0.312 e. The van der Waals surface area contributed by atoms with Gasteiger partial charge in [-0.1, -0.05) is 64.3 Å². The summed E-state index contributed by atoms with van der Waals surface area (Å²) in [6.07, 6.45) is 7.36. The molecule has 2 heterocycles. The minimum Gasteiger partial charge on any atom is -0.312 e. The molecule has 2 aliphatic rings. The predicted octanol–water partition coefficient (Wildman–Crippen LogP) is 6.70. The Balaban J connectivity index is 1.47. The molecule has 2 aromatic carbocycles. The lowest BCUT2D eigenvalue weighted by Crippen LogP contribution is -2.49. The van der Waals surface area contributed by atoms with Crippen LogP contribution in [0, 0.1) is 23.0 Å². The van der Waals surface area contributed by atoms with Crippen molar-refractivity contribution < 1.29 is 18.4 Å². The minimum atomic E-state index is -1.41. The molecule has 0 unspecified atom stereocenters. The molecule has 6 nitrogen and oxygen atoms in total. The van der Waals surface area contributed by atoms with E-state index in [1.807, 2.05) is 33.8 Å². The molecule has 2 aliphatic heterocycles. The monoisotopic (exact) mass is 602 g/mol. The Morgan fingerprint density at radius 3 is 2.00 bits per heavy atom. The summed E-state index contributed by atoms with van der Waals surface area (Å²) in [6.45, 7) is 19.0. The number of amidine groups is 1. The SMILES string of the molecule is C=C/C=C(\C=C)N(CC)C(=O)C1(C)CCN(CCCN2C(=O)C(c3ccc(F)cc3)(c3ccc(F)cc3)N=C2C(C)C)CC1. The van der Waals surface area contributed by atoms with E-state index in [2.05, 4.69) is 18.1 Å². The maximum absolute atomic E-state index is 14.3. The average Bonchev–Trinajstić information content (AvgIpc) is 3.31. The number of allylic oxidation sites excluding steroid dienone is 3. The van der Waals surface area contributed by atoms with Crippen LogP contribution in [0.1, 0.15) is 58.1 Å². The maximum Gasteiger partial charge on any atom is 0.265 e. The molecular weight excluding hydrogens is 558 g/mol. The molecule has 0 spiro atoms. The second-order valence-corrected chi connectivity index (χ2v) is 12.1. The molecule has 0 radical (unpaired) electrons. The van der Waals surface area contributed by atoms with Gasteiger partial charge in [0.1, 0.15) is 17.5 Å². The third-order valence-electron chi connectivity index (χ3n) is 8.86. The normalized spacial score (nSPS) is 18.3. The zero-order chi connectivity index (χ0) is 32.1. The minimum absolute atomic E-state index is 0.0412. The van der Waals surface area contributed by atoms with E-state index in [0.29, 0.717) is 30.1 Å². The summed E-state index contributed by atoms with van der Waals surface area (Å²) < 4.78 is 27.8. The number of aliphatic imine (C=N–C) groups is 1. The first-order valence-electron chi connectivity index (χ1n) is 15.4. The fourth-order valence-electron chi connectivity index (χ4n) is 6.26. The molecule has 234 valence electrons. The van der Waals surface area contributed by atoms with Gasteiger partial charge in [-0.25, -0.2) is 13.8 Å². The lowest BCUT2D eigenvalue weighted by atomic mass is 9.78. The van der Waals surface area contributed by atoms with Gasteiger partial charge in [-0.15, -0.1) is 0 Å². The van der Waals surface area contributed by atoms with Crippen LogP contribution in [-0.2, 0) is 15.1 Å². The van der Waals surface area contributed by atoms with Crippen LogP contribution < -0.4 is 0 Å². The smallest absolute Gasteiger partial charge is 0.265 e. The number of likely N-dealkylation sites (N-methyl/N-ethyl adjacent to an activating group) is 1. The van der Waals surface area contributed by atoms with Crippen LogP contribution in [0.3, 0.4) is 0 Å². The van der Waals surface area contributed by atoms with Crippen LogP contribution in [0.25, 0.3) is 0 Å². The van der Waals surface area contributed by atoms with E-state index in [4.69, 9.17) is 4.99 Å². The fourth-order valence-corrected chi connectivity index (χ4v) is 6.26. The van der Waals surface area contributed by atoms with Gasteiger partial charge in [-0.05, 0) is 93.4 Å². The second kappa shape index (κ2) is 13.8. The molecule has 44 heavy (non-hydrogen) atoms. The molecule has 0 N–H and O–H groups in total. The summed E-state index contributed by atoms with van der Waals surface area (Å²) >= 11 is 0. The van der Waals surface area contributed by atoms with Crippen molar-refractivity contribution in [3.63, 3.8) is 0 Å². The van der Waals surface area contributed by atoms with Crippen molar-refractivity contribution in [1.82, 2.24) is 14.7 Å². The number of nitrogens with zero attached hydrogens (tertiary/aromatic N) is 4. The highest BCUT2D eigenvalue weighted by Gasteiger charge is 2.51. The average molecular weight is 603 g/mol. The Morgan fingerprint density at radius 2 is 1.55 bits per heavy atom. The quantitative estimate of drug-likeness (QED) is 0.254. The van der Waals surface area contributed by atoms with E-state index < -0.39 is 22.6 Å². The summed E-state index contributed by atoms with van der Waals surface area (Å²) in [4.78, 5) is 38.8. The highest BCUT2D eigenvalue weighted by atomic mass is 19.1. The van der Waals surface area contributed by atoms with Crippen LogP contribution in [-0.4, -0.2) is 65.1 Å². The van der Waals surface area contributed by atoms with E-state index in [-0.39, 0.29) is 17.7 Å². The number of piperidine rings is 1. The van der Waals surface area contributed by atoms with Crippen molar-refractivity contribution in [3.8, 4) is 0 Å². The Kier molecular flexibility index (Phi) is 10.4. The summed E-state index contributed by atoms with van der Waals surface area (Å²) in [7, 11) is 0. The molecule has 0 atom stereocenters. The first kappa shape index (κ1) is 33.0. The number of hydrogen-bond donors (Lipinski definition) is 0. The first-order valence-corrected chi connectivity index (χ1v) is 15.4. The van der Waals surface area contributed by atoms with Crippen molar-refractivity contribution in [2.75, 3.05) is 32.7 Å². The summed E-state index contributed by atoms with van der Waals surface area (Å²) in [5, 5.41) is 0. The molecule has 4 rings (SSSR count). The van der Waals surface area contributed by atoms with Crippen LogP contribution >= 0.6 is 0 Å². The lowest BCUT2D eigenvalue weighted by Gasteiger charge is -2.41. The number of likely N-dealkylation sites (tertiary alicyclic amines) is 1. The topological polar surface area (TPSA) is 56.2 Å². The molecule has 0 bridgehead atoms. The van der Waals surface area contributed by atoms with E-state index >= 15 is 0 Å². The number of rotatable bonds is 12. The van der Waals surface area contributed by atoms with E-state index in [0.717, 1.165) is 44.6 Å². The maximum atomic E-state index is 14.3. The van der Waals surface area contributed by atoms with Crippen molar-refractivity contribution in [3.05, 3.63) is 108 Å². The molecule has 0 aliphatic carbocycles. The fraction of sp³-hybridized carbons (Fsp3) is 0.417. The van der Waals surface area contributed by atoms with Gasteiger partial charge in [0.25, 0.3) is 5.91 Å². The van der Waals surface area contributed by atoms with Crippen molar-refractivity contribution >= 4 is 17.6 Å². The number of halogens is 2. The van der Waals surface area contributed by atoms with Gasteiger partial charge in [-0.2, -0.15) is 0 Å². The zero-order valence-electron chi connectivity index (χ0n) is 26.4. The molecule has 2 aromatic rings. The second-order valence-electron chi connectivity index (χ2n) is 12.1. The third kappa shape index (κ3) is 6.46. The lowest BCUT2D eigenvalue weighted by molar-refractivity contribution is -0.141. The number of amides is 2. The highest BCUT2D eigenvalue weighted by Crippen LogP contribution is 2.42. The molecule has 2 amide bonds. The first-order chi connectivity index (χ1) is 21.0. The van der Waals surface area contributed by atoms with Gasteiger partial charge < -0.3 is 9.80 Å². The predicted molar refractivity (Wildman–Crippen MR) is 172 cm³/mol. The van der Waals surface area contributed by atoms with Crippen LogP contribution in [0.5, 0.6) is 0 Å². The van der Waals surface area contributed by atoms with Gasteiger partial charge in [0, 0.05) is 30.1 Å². The Morgan fingerprint density at radius 1 is 1.00 bits per heavy atom. The Labute approximate surface area is 260 Å². The molecule has 0 aromatic heterocycles. The van der Waals surface area contributed by atoms with E-state index in [9.17, 15) is 18.4 Å². The zero-order valence-corrected chi connectivity index (χ0v) is 26.4. The van der Waals surface area contributed by atoms with E-state index in [1.165, 1.54) is 24.3 Å². The van der Waals surface area contributed by atoms with E-state index in [1.54, 1.807) is 46.2 Å². The number of benzene rings is 2.